The molecule has 0 fully saturated rings. The van der Waals surface area contributed by atoms with Gasteiger partial charge in [-0.2, -0.15) is 12.9 Å². The normalized spacial score (nSPS) is 14.8. The second-order valence-electron chi connectivity index (χ2n) is 3.31. The summed E-state index contributed by atoms with van der Waals surface area (Å²) in [5.74, 6) is 0. The van der Waals surface area contributed by atoms with Gasteiger partial charge in [0, 0.05) is 0 Å². The van der Waals surface area contributed by atoms with E-state index in [2.05, 4.69) is 17.2 Å². The van der Waals surface area contributed by atoms with Gasteiger partial charge in [-0.1, -0.05) is 0 Å². The predicted molar refractivity (Wildman–Crippen MR) is 91.9 cm³/mol. The molecule has 30 heteroatoms. The zero-order valence-corrected chi connectivity index (χ0v) is 19.1. The molecular weight excluding hydrogens is 592 g/mol. The zero-order valence-electron chi connectivity index (χ0n) is 12.6. The maximum atomic E-state index is 10.4. The standard InChI is InChI=1S/Na.H5O10P3.H4O7P2.H4O5P2.H/c;1-11(2,3)9-13(7,8)10-12(4,5)6;1-8(2,3)7-9(4,5)6;1-6(2)5-7(3)4;/h;(H,7,8)(H2,1,2,3)(H2,4,5,6);(H2,1,2,3)(H2,4,5,6);6-7H,(H,1,2)(H,3,4);. The van der Waals surface area contributed by atoms with Crippen LogP contribution in [0.25, 0.3) is 0 Å². The molecule has 0 aromatic rings. The fourth-order valence-electron chi connectivity index (χ4n) is 0.497. The molecule has 22 nitrogen and oxygen atoms in total. The van der Waals surface area contributed by atoms with Gasteiger partial charge in [-0.25, -0.2) is 27.1 Å². The van der Waals surface area contributed by atoms with Crippen molar-refractivity contribution >= 4 is 85.2 Å². The Morgan fingerprint density at radius 2 is 0.700 bits per heavy atom. The van der Waals surface area contributed by atoms with Crippen LogP contribution in [0.2, 0.25) is 0 Å². The van der Waals surface area contributed by atoms with E-state index >= 15 is 0 Å². The number of hydrogen-bond donors (Lipinski definition) is 11. The van der Waals surface area contributed by atoms with Gasteiger partial charge < -0.3 is 53.8 Å². The molecule has 0 bridgehead atoms. The molecule has 30 heavy (non-hydrogen) atoms. The van der Waals surface area contributed by atoms with Crippen molar-refractivity contribution in [2.45, 2.75) is 0 Å². The van der Waals surface area contributed by atoms with Crippen LogP contribution in [0.4, 0.5) is 0 Å². The van der Waals surface area contributed by atoms with E-state index in [1.165, 1.54) is 0 Å². The van der Waals surface area contributed by atoms with Gasteiger partial charge in [0.05, 0.1) is 0 Å². The van der Waals surface area contributed by atoms with Crippen molar-refractivity contribution in [2.24, 2.45) is 0 Å². The molecule has 0 saturated carbocycles. The van der Waals surface area contributed by atoms with E-state index < -0.39 is 55.6 Å². The van der Waals surface area contributed by atoms with E-state index in [4.69, 9.17) is 53.8 Å². The number of rotatable bonds is 8. The van der Waals surface area contributed by atoms with Crippen molar-refractivity contribution in [1.82, 2.24) is 0 Å². The number of phosphoric acid groups is 5. The first kappa shape index (κ1) is 39.2. The fourth-order valence-corrected chi connectivity index (χ4v) is 4.74. The molecule has 0 heterocycles. The average Bonchev–Trinajstić information content (AvgIpc) is 2.13. The van der Waals surface area contributed by atoms with Gasteiger partial charge in [0.2, 0.25) is 0 Å². The quantitative estimate of drug-likeness (QED) is 0.101. The molecular formula is H14NaO22P7. The Morgan fingerprint density at radius 3 is 0.767 bits per heavy atom. The summed E-state index contributed by atoms with van der Waals surface area (Å²) in [4.78, 5) is 86.6. The van der Waals surface area contributed by atoms with Gasteiger partial charge in [0.25, 0.3) is 0 Å². The average molecular weight is 606 g/mol. The molecule has 0 aliphatic carbocycles. The third-order valence-electron chi connectivity index (χ3n) is 0.806. The first-order valence-electron chi connectivity index (χ1n) is 5.07. The van der Waals surface area contributed by atoms with E-state index in [-0.39, 0.29) is 29.6 Å². The van der Waals surface area contributed by atoms with Crippen molar-refractivity contribution in [1.29, 1.82) is 0 Å². The first-order valence-corrected chi connectivity index (χ1v) is 15.2. The van der Waals surface area contributed by atoms with E-state index in [1.54, 1.807) is 0 Å². The second kappa shape index (κ2) is 15.8. The molecule has 11 N–H and O–H groups in total. The SMILES string of the molecule is O=P(O)(O)OP(=O)(O)O.O=P(O)(O)OP(=O)(O)OP(=O)(O)O.O=[PH](O)O[PH](=O)O.[NaH]. The third kappa shape index (κ3) is 43.8. The summed E-state index contributed by atoms with van der Waals surface area (Å²) in [5, 5.41) is 0. The first-order chi connectivity index (χ1) is 12.2. The molecule has 0 aliphatic heterocycles. The molecule has 0 radical (unpaired) electrons. The van der Waals surface area contributed by atoms with Crippen LogP contribution in [-0.2, 0) is 49.2 Å². The van der Waals surface area contributed by atoms with Crippen LogP contribution in [0.1, 0.15) is 0 Å². The third-order valence-corrected chi connectivity index (χ3v) is 7.26. The molecule has 0 amide bonds. The monoisotopic (exact) mass is 606 g/mol. The summed E-state index contributed by atoms with van der Waals surface area (Å²) in [6.07, 6.45) is 0. The zero-order chi connectivity index (χ0) is 24.5. The van der Waals surface area contributed by atoms with E-state index in [0.29, 0.717) is 0 Å². The Morgan fingerprint density at radius 1 is 0.500 bits per heavy atom. The Kier molecular flexibility index (Phi) is 20.7. The molecule has 0 spiro atoms. The molecule has 0 saturated heterocycles. The van der Waals surface area contributed by atoms with Crippen LogP contribution in [0.3, 0.4) is 0 Å². The van der Waals surface area contributed by atoms with Gasteiger partial charge in [-0.05, 0) is 0 Å². The van der Waals surface area contributed by atoms with E-state index in [0.717, 1.165) is 0 Å². The molecule has 0 aliphatic rings. The van der Waals surface area contributed by atoms with Gasteiger partial charge in [-0.15, -0.1) is 0 Å². The summed E-state index contributed by atoms with van der Waals surface area (Å²) in [7, 11) is -32.7. The molecule has 0 rings (SSSR count). The molecule has 2 unspecified atom stereocenters. The summed E-state index contributed by atoms with van der Waals surface area (Å²) in [5.41, 5.74) is 0. The van der Waals surface area contributed by atoms with Crippen LogP contribution in [0.15, 0.2) is 0 Å². The summed E-state index contributed by atoms with van der Waals surface area (Å²) in [6, 6.07) is 0. The maximum absolute atomic E-state index is 10.4. The van der Waals surface area contributed by atoms with Crippen LogP contribution in [-0.4, -0.2) is 83.4 Å². The van der Waals surface area contributed by atoms with Crippen molar-refractivity contribution in [3.63, 3.8) is 0 Å². The van der Waals surface area contributed by atoms with Gasteiger partial charge >= 0.3 is 85.2 Å². The number of hydrogen-bond acceptors (Lipinski definition) is 11. The molecule has 0 aromatic carbocycles. The van der Waals surface area contributed by atoms with Crippen molar-refractivity contribution in [2.75, 3.05) is 0 Å². The molecule has 182 valence electrons. The molecule has 0 aromatic heterocycles. The predicted octanol–water partition coefficient (Wildman–Crippen LogP) is -2.39. The minimum atomic E-state index is -5.46. The van der Waals surface area contributed by atoms with Crippen molar-refractivity contribution < 1.29 is 103 Å². The Labute approximate surface area is 187 Å². The van der Waals surface area contributed by atoms with Crippen LogP contribution >= 0.6 is 55.6 Å². The Hall–Kier alpha value is 2.01. The second-order valence-corrected chi connectivity index (χ2v) is 12.0. The summed E-state index contributed by atoms with van der Waals surface area (Å²) >= 11 is 0. The van der Waals surface area contributed by atoms with E-state index in [1.807, 2.05) is 0 Å². The van der Waals surface area contributed by atoms with E-state index in [9.17, 15) is 32.0 Å². The Bertz CT molecular complexity index is 705. The van der Waals surface area contributed by atoms with Crippen molar-refractivity contribution in [3.05, 3.63) is 0 Å². The summed E-state index contributed by atoms with van der Waals surface area (Å²) < 4.78 is 80.9. The summed E-state index contributed by atoms with van der Waals surface area (Å²) in [6.45, 7) is 0. The van der Waals surface area contributed by atoms with Crippen molar-refractivity contribution in [3.8, 4) is 0 Å². The van der Waals surface area contributed by atoms with Crippen LogP contribution in [0.5, 0.6) is 0 Å². The van der Waals surface area contributed by atoms with Crippen LogP contribution in [0, 0.1) is 0 Å². The van der Waals surface area contributed by atoms with Gasteiger partial charge in [0.15, 0.2) is 0 Å². The minimum absolute atomic E-state index is 0. The van der Waals surface area contributed by atoms with Crippen LogP contribution < -0.4 is 0 Å². The topological polar surface area (TPSA) is 379 Å². The molecule has 2 atom stereocenters. The van der Waals surface area contributed by atoms with Gasteiger partial charge in [-0.3, -0.25) is 9.13 Å². The Balaban J connectivity index is -0.000000175. The van der Waals surface area contributed by atoms with Gasteiger partial charge in [0.1, 0.15) is 0 Å². The fraction of sp³-hybridized carbons (Fsp3) is 0.